The number of hydrogen-bond donors (Lipinski definition) is 0. The summed E-state index contributed by atoms with van der Waals surface area (Å²) in [6.07, 6.45) is 5.04. The standard InChI is InChI=1S/C15H17/c1-2-3-4-8-13-10-7-11-14-9-5-6-12-15(13)14/h5-7,9,11-12H,2-4,8H2,1H3. The fraction of sp³-hybridized carbons (Fsp3) is 0.333. The monoisotopic (exact) mass is 197 g/mol. The number of unbranched alkanes of at least 4 members (excludes halogenated alkanes) is 2. The van der Waals surface area contributed by atoms with Gasteiger partial charge >= 0.3 is 0 Å². The van der Waals surface area contributed by atoms with E-state index in [4.69, 9.17) is 0 Å². The first-order valence-corrected chi connectivity index (χ1v) is 5.80. The number of benzene rings is 2. The number of hydrogen-bond acceptors (Lipinski definition) is 0. The van der Waals surface area contributed by atoms with Gasteiger partial charge in [0.05, 0.1) is 0 Å². The average molecular weight is 197 g/mol. The lowest BCUT2D eigenvalue weighted by Gasteiger charge is -2.05. The summed E-state index contributed by atoms with van der Waals surface area (Å²) in [5, 5.41) is 2.71. The van der Waals surface area contributed by atoms with E-state index in [1.54, 1.807) is 0 Å². The molecular formula is C15H17. The summed E-state index contributed by atoms with van der Waals surface area (Å²) in [4.78, 5) is 0. The van der Waals surface area contributed by atoms with Crippen LogP contribution in [0.3, 0.4) is 0 Å². The minimum Gasteiger partial charge on any atom is -0.0654 e. The fourth-order valence-electron chi connectivity index (χ4n) is 1.99. The van der Waals surface area contributed by atoms with Crippen molar-refractivity contribution in [2.45, 2.75) is 32.6 Å². The molecule has 2 aromatic carbocycles. The molecule has 0 unspecified atom stereocenters. The lowest BCUT2D eigenvalue weighted by Crippen LogP contribution is -1.87. The minimum atomic E-state index is 1.16. The van der Waals surface area contributed by atoms with E-state index < -0.39 is 0 Å². The molecule has 2 rings (SSSR count). The van der Waals surface area contributed by atoms with Crippen LogP contribution in [-0.2, 0) is 6.42 Å². The smallest absolute Gasteiger partial charge is 0.0143 e. The van der Waals surface area contributed by atoms with Gasteiger partial charge in [-0.1, -0.05) is 56.2 Å². The summed E-state index contributed by atoms with van der Waals surface area (Å²) < 4.78 is 0. The molecule has 0 heterocycles. The Labute approximate surface area is 91.9 Å². The van der Waals surface area contributed by atoms with Gasteiger partial charge in [-0.3, -0.25) is 0 Å². The van der Waals surface area contributed by atoms with Gasteiger partial charge in [0.2, 0.25) is 0 Å². The molecule has 0 aliphatic carbocycles. The third kappa shape index (κ3) is 2.38. The van der Waals surface area contributed by atoms with Gasteiger partial charge in [-0.15, -0.1) is 0 Å². The summed E-state index contributed by atoms with van der Waals surface area (Å²) in [6.45, 7) is 2.24. The summed E-state index contributed by atoms with van der Waals surface area (Å²) in [7, 11) is 0. The van der Waals surface area contributed by atoms with Crippen LogP contribution in [0, 0.1) is 6.07 Å². The molecule has 0 fully saturated rings. The van der Waals surface area contributed by atoms with E-state index in [9.17, 15) is 0 Å². The van der Waals surface area contributed by atoms with Gasteiger partial charge in [0.15, 0.2) is 0 Å². The Morgan fingerprint density at radius 3 is 2.80 bits per heavy atom. The van der Waals surface area contributed by atoms with Gasteiger partial charge in [0.25, 0.3) is 0 Å². The second kappa shape index (κ2) is 4.97. The van der Waals surface area contributed by atoms with Crippen LogP contribution in [0.25, 0.3) is 10.8 Å². The average Bonchev–Trinajstić information content (AvgIpc) is 2.30. The molecule has 15 heavy (non-hydrogen) atoms. The SMILES string of the molecule is CCCCCc1[c]ccc2ccccc12. The molecule has 0 bridgehead atoms. The lowest BCUT2D eigenvalue weighted by molar-refractivity contribution is 0.719. The fourth-order valence-corrected chi connectivity index (χ4v) is 1.99. The summed E-state index contributed by atoms with van der Waals surface area (Å²) in [6, 6.07) is 16.1. The zero-order valence-electron chi connectivity index (χ0n) is 9.29. The molecule has 1 radical (unpaired) electrons. The Hall–Kier alpha value is -1.30. The maximum absolute atomic E-state index is 3.37. The molecule has 0 amide bonds. The van der Waals surface area contributed by atoms with Gasteiger partial charge < -0.3 is 0 Å². The second-order valence-electron chi connectivity index (χ2n) is 4.00. The van der Waals surface area contributed by atoms with E-state index in [1.807, 2.05) is 6.07 Å². The van der Waals surface area contributed by atoms with Crippen LogP contribution in [0.2, 0.25) is 0 Å². The van der Waals surface area contributed by atoms with Crippen molar-refractivity contribution in [2.24, 2.45) is 0 Å². The minimum absolute atomic E-state index is 1.16. The largest absolute Gasteiger partial charge is 0.0654 e. The van der Waals surface area contributed by atoms with E-state index in [2.05, 4.69) is 43.3 Å². The third-order valence-electron chi connectivity index (χ3n) is 2.84. The molecule has 0 nitrogen and oxygen atoms in total. The number of aryl methyl sites for hydroxylation is 1. The highest BCUT2D eigenvalue weighted by atomic mass is 14.0. The molecule has 77 valence electrons. The van der Waals surface area contributed by atoms with Gasteiger partial charge in [0.1, 0.15) is 0 Å². The van der Waals surface area contributed by atoms with Gasteiger partial charge in [-0.25, -0.2) is 0 Å². The maximum Gasteiger partial charge on any atom is -0.0143 e. The van der Waals surface area contributed by atoms with Crippen molar-refractivity contribution in [1.29, 1.82) is 0 Å². The molecule has 0 saturated carbocycles. The highest BCUT2D eigenvalue weighted by Crippen LogP contribution is 2.19. The van der Waals surface area contributed by atoms with E-state index in [1.165, 1.54) is 35.6 Å². The molecule has 0 N–H and O–H groups in total. The van der Waals surface area contributed by atoms with E-state index >= 15 is 0 Å². The summed E-state index contributed by atoms with van der Waals surface area (Å²) >= 11 is 0. The van der Waals surface area contributed by atoms with Crippen molar-refractivity contribution < 1.29 is 0 Å². The van der Waals surface area contributed by atoms with E-state index in [0.717, 1.165) is 6.42 Å². The van der Waals surface area contributed by atoms with Crippen LogP contribution in [0.1, 0.15) is 31.7 Å². The van der Waals surface area contributed by atoms with Crippen LogP contribution >= 0.6 is 0 Å². The Morgan fingerprint density at radius 2 is 1.93 bits per heavy atom. The first-order chi connectivity index (χ1) is 7.42. The molecule has 0 aliphatic heterocycles. The van der Waals surface area contributed by atoms with Crippen molar-refractivity contribution in [1.82, 2.24) is 0 Å². The predicted octanol–water partition coefficient (Wildman–Crippen LogP) is 4.37. The second-order valence-corrected chi connectivity index (χ2v) is 4.00. The van der Waals surface area contributed by atoms with Crippen molar-refractivity contribution in [3.05, 3.63) is 48.0 Å². The summed E-state index contributed by atoms with van der Waals surface area (Å²) in [5.74, 6) is 0. The normalized spacial score (nSPS) is 10.7. The zero-order chi connectivity index (χ0) is 10.5. The molecule has 0 aromatic heterocycles. The van der Waals surface area contributed by atoms with Crippen LogP contribution in [0.15, 0.2) is 36.4 Å². The lowest BCUT2D eigenvalue weighted by atomic mass is 10.00. The van der Waals surface area contributed by atoms with Crippen molar-refractivity contribution in [2.75, 3.05) is 0 Å². The maximum atomic E-state index is 3.37. The van der Waals surface area contributed by atoms with Gasteiger partial charge in [-0.05, 0) is 35.2 Å². The Morgan fingerprint density at radius 1 is 1.07 bits per heavy atom. The van der Waals surface area contributed by atoms with Crippen molar-refractivity contribution in [3.63, 3.8) is 0 Å². The Balaban J connectivity index is 2.26. The first-order valence-electron chi connectivity index (χ1n) is 5.80. The summed E-state index contributed by atoms with van der Waals surface area (Å²) in [5.41, 5.74) is 1.38. The Kier molecular flexibility index (Phi) is 3.39. The van der Waals surface area contributed by atoms with Crippen molar-refractivity contribution in [3.8, 4) is 0 Å². The highest BCUT2D eigenvalue weighted by Gasteiger charge is 1.99. The topological polar surface area (TPSA) is 0 Å². The van der Waals surface area contributed by atoms with Crippen molar-refractivity contribution >= 4 is 10.8 Å². The third-order valence-corrected chi connectivity index (χ3v) is 2.84. The molecule has 0 spiro atoms. The van der Waals surface area contributed by atoms with E-state index in [0.29, 0.717) is 0 Å². The Bertz CT molecular complexity index is 423. The predicted molar refractivity (Wildman–Crippen MR) is 66.0 cm³/mol. The highest BCUT2D eigenvalue weighted by molar-refractivity contribution is 5.85. The first kappa shape index (κ1) is 10.2. The van der Waals surface area contributed by atoms with Gasteiger partial charge in [-0.2, -0.15) is 0 Å². The number of rotatable bonds is 4. The molecule has 0 saturated heterocycles. The zero-order valence-corrected chi connectivity index (χ0v) is 9.29. The van der Waals surface area contributed by atoms with Crippen LogP contribution in [0.4, 0.5) is 0 Å². The van der Waals surface area contributed by atoms with Crippen LogP contribution in [0.5, 0.6) is 0 Å². The molecule has 0 atom stereocenters. The molecular weight excluding hydrogens is 180 g/mol. The van der Waals surface area contributed by atoms with Gasteiger partial charge in [0, 0.05) is 0 Å². The van der Waals surface area contributed by atoms with Crippen LogP contribution in [-0.4, -0.2) is 0 Å². The molecule has 0 aliphatic rings. The quantitative estimate of drug-likeness (QED) is 0.638. The van der Waals surface area contributed by atoms with E-state index in [-0.39, 0.29) is 0 Å². The number of fused-ring (bicyclic) bond motifs is 1. The van der Waals surface area contributed by atoms with Crippen LogP contribution < -0.4 is 0 Å². The molecule has 2 aromatic rings. The molecule has 0 heteroatoms.